The Labute approximate surface area is 162 Å². The van der Waals surface area contributed by atoms with Gasteiger partial charge >= 0.3 is 0 Å². The summed E-state index contributed by atoms with van der Waals surface area (Å²) >= 11 is 0. The van der Waals surface area contributed by atoms with Crippen LogP contribution in [0.15, 0.2) is 60.9 Å². The zero-order chi connectivity index (χ0) is 19.8. The number of aromatic nitrogens is 2. The van der Waals surface area contributed by atoms with Gasteiger partial charge in [-0.05, 0) is 30.2 Å². The molecule has 7 heteroatoms. The van der Waals surface area contributed by atoms with E-state index < -0.39 is 0 Å². The van der Waals surface area contributed by atoms with Crippen molar-refractivity contribution in [1.82, 2.24) is 15.3 Å². The Morgan fingerprint density at radius 3 is 2.64 bits per heavy atom. The highest BCUT2D eigenvalue weighted by Crippen LogP contribution is 2.12. The molecule has 1 amide bonds. The molecule has 0 bridgehead atoms. The van der Waals surface area contributed by atoms with Gasteiger partial charge in [-0.15, -0.1) is 0 Å². The molecule has 0 aliphatic carbocycles. The summed E-state index contributed by atoms with van der Waals surface area (Å²) in [7, 11) is 1.63. The molecule has 2 aromatic carbocycles. The van der Waals surface area contributed by atoms with Gasteiger partial charge in [-0.3, -0.25) is 4.79 Å². The zero-order valence-electron chi connectivity index (χ0n) is 15.5. The predicted molar refractivity (Wildman–Crippen MR) is 105 cm³/mol. The first kappa shape index (κ1) is 19.3. The van der Waals surface area contributed by atoms with Crippen LogP contribution in [0.5, 0.6) is 5.75 Å². The molecule has 0 aliphatic heterocycles. The van der Waals surface area contributed by atoms with Crippen molar-refractivity contribution in [3.8, 4) is 5.75 Å². The quantitative estimate of drug-likeness (QED) is 0.628. The van der Waals surface area contributed by atoms with Gasteiger partial charge in [-0.25, -0.2) is 14.4 Å². The van der Waals surface area contributed by atoms with E-state index in [-0.39, 0.29) is 24.0 Å². The van der Waals surface area contributed by atoms with E-state index in [1.54, 1.807) is 31.4 Å². The maximum absolute atomic E-state index is 13.6. The van der Waals surface area contributed by atoms with Gasteiger partial charge in [0.25, 0.3) is 5.91 Å². The number of methoxy groups -OCH3 is 1. The van der Waals surface area contributed by atoms with Crippen molar-refractivity contribution < 1.29 is 13.9 Å². The molecule has 0 spiro atoms. The Kier molecular flexibility index (Phi) is 6.51. The van der Waals surface area contributed by atoms with E-state index in [4.69, 9.17) is 4.74 Å². The third-order valence-corrected chi connectivity index (χ3v) is 4.18. The molecule has 144 valence electrons. The van der Waals surface area contributed by atoms with Crippen molar-refractivity contribution in [2.45, 2.75) is 13.0 Å². The Balaban J connectivity index is 1.52. The Morgan fingerprint density at radius 2 is 1.89 bits per heavy atom. The van der Waals surface area contributed by atoms with E-state index in [1.165, 1.54) is 12.4 Å². The maximum atomic E-state index is 13.6. The fourth-order valence-corrected chi connectivity index (χ4v) is 2.61. The fourth-order valence-electron chi connectivity index (χ4n) is 2.61. The summed E-state index contributed by atoms with van der Waals surface area (Å²) in [6.45, 7) is 0.745. The number of halogens is 1. The van der Waals surface area contributed by atoms with Crippen LogP contribution in [-0.2, 0) is 13.0 Å². The highest BCUT2D eigenvalue weighted by Gasteiger charge is 2.10. The van der Waals surface area contributed by atoms with Gasteiger partial charge in [0, 0.05) is 24.7 Å². The summed E-state index contributed by atoms with van der Waals surface area (Å²) in [5.74, 6) is 0.633. The third kappa shape index (κ3) is 5.26. The molecule has 3 rings (SSSR count). The number of benzene rings is 2. The first-order chi connectivity index (χ1) is 13.7. The molecule has 1 aromatic heterocycles. The van der Waals surface area contributed by atoms with Crippen LogP contribution in [0.1, 0.15) is 21.6 Å². The monoisotopic (exact) mass is 380 g/mol. The lowest BCUT2D eigenvalue weighted by Crippen LogP contribution is -2.24. The van der Waals surface area contributed by atoms with Crippen LogP contribution in [0.25, 0.3) is 0 Å². The van der Waals surface area contributed by atoms with Gasteiger partial charge in [0.05, 0.1) is 7.11 Å². The average Bonchev–Trinajstić information content (AvgIpc) is 2.74. The molecule has 0 fully saturated rings. The molecule has 0 atom stereocenters. The summed E-state index contributed by atoms with van der Waals surface area (Å²) in [4.78, 5) is 20.4. The molecule has 0 radical (unpaired) electrons. The third-order valence-electron chi connectivity index (χ3n) is 4.18. The van der Waals surface area contributed by atoms with Crippen LogP contribution < -0.4 is 15.4 Å². The lowest BCUT2D eigenvalue weighted by Gasteiger charge is -2.08. The van der Waals surface area contributed by atoms with Crippen LogP contribution >= 0.6 is 0 Å². The average molecular weight is 380 g/mol. The highest BCUT2D eigenvalue weighted by molar-refractivity contribution is 5.92. The second-order valence-electron chi connectivity index (χ2n) is 6.09. The molecule has 6 nitrogen and oxygen atoms in total. The van der Waals surface area contributed by atoms with Gasteiger partial charge in [0.2, 0.25) is 0 Å². The molecule has 0 aliphatic rings. The van der Waals surface area contributed by atoms with Gasteiger partial charge in [0.15, 0.2) is 0 Å². The van der Waals surface area contributed by atoms with Gasteiger partial charge in [-0.2, -0.15) is 0 Å². The summed E-state index contributed by atoms with van der Waals surface area (Å²) in [5.41, 5.74) is 1.80. The van der Waals surface area contributed by atoms with E-state index in [1.807, 2.05) is 24.3 Å². The standard InChI is InChI=1S/C21H21FN4O2/c1-28-17-8-6-15(7-9-17)10-11-23-20-12-19(25-14-26-20)21(27)24-13-16-4-2-3-5-18(16)22/h2-9,12,14H,10-11,13H2,1H3,(H,24,27)(H,23,25,26). The molecule has 0 saturated heterocycles. The number of ether oxygens (including phenoxy) is 1. The van der Waals surface area contributed by atoms with Crippen molar-refractivity contribution in [2.24, 2.45) is 0 Å². The lowest BCUT2D eigenvalue weighted by molar-refractivity contribution is 0.0945. The Hall–Kier alpha value is -3.48. The van der Waals surface area contributed by atoms with Crippen molar-refractivity contribution in [3.63, 3.8) is 0 Å². The van der Waals surface area contributed by atoms with E-state index in [0.29, 0.717) is 17.9 Å². The predicted octanol–water partition coefficient (Wildman–Crippen LogP) is 3.21. The molecular weight excluding hydrogens is 359 g/mol. The number of nitrogens with one attached hydrogen (secondary N) is 2. The van der Waals surface area contributed by atoms with Crippen LogP contribution in [-0.4, -0.2) is 29.5 Å². The number of anilines is 1. The SMILES string of the molecule is COc1ccc(CCNc2cc(C(=O)NCc3ccccc3F)ncn2)cc1. The second-order valence-corrected chi connectivity index (χ2v) is 6.09. The van der Waals surface area contributed by atoms with Gasteiger partial charge < -0.3 is 15.4 Å². The number of rotatable bonds is 8. The van der Waals surface area contributed by atoms with Gasteiger partial charge in [0.1, 0.15) is 29.4 Å². The van der Waals surface area contributed by atoms with Crippen molar-refractivity contribution in [1.29, 1.82) is 0 Å². The number of hydrogen-bond donors (Lipinski definition) is 2. The largest absolute Gasteiger partial charge is 0.497 e. The van der Waals surface area contributed by atoms with Crippen molar-refractivity contribution >= 4 is 11.7 Å². The van der Waals surface area contributed by atoms with Crippen molar-refractivity contribution in [2.75, 3.05) is 19.0 Å². The van der Waals surface area contributed by atoms with E-state index in [0.717, 1.165) is 17.7 Å². The smallest absolute Gasteiger partial charge is 0.270 e. The molecule has 2 N–H and O–H groups in total. The number of amides is 1. The minimum Gasteiger partial charge on any atom is -0.497 e. The molecule has 3 aromatic rings. The number of carbonyl (C=O) groups excluding carboxylic acids is 1. The maximum Gasteiger partial charge on any atom is 0.270 e. The summed E-state index contributed by atoms with van der Waals surface area (Å²) in [5, 5.41) is 5.84. The summed E-state index contributed by atoms with van der Waals surface area (Å²) < 4.78 is 18.8. The van der Waals surface area contributed by atoms with Crippen LogP contribution in [0.3, 0.4) is 0 Å². The molecule has 0 unspecified atom stereocenters. The van der Waals surface area contributed by atoms with Crippen LogP contribution in [0.2, 0.25) is 0 Å². The highest BCUT2D eigenvalue weighted by atomic mass is 19.1. The molecule has 1 heterocycles. The van der Waals surface area contributed by atoms with Crippen LogP contribution in [0.4, 0.5) is 10.2 Å². The summed E-state index contributed by atoms with van der Waals surface area (Å²) in [6.07, 6.45) is 2.12. The Morgan fingerprint density at radius 1 is 1.11 bits per heavy atom. The molecular formula is C21H21FN4O2. The molecule has 0 saturated carbocycles. The second kappa shape index (κ2) is 9.45. The van der Waals surface area contributed by atoms with E-state index in [9.17, 15) is 9.18 Å². The minimum atomic E-state index is -0.385. The fraction of sp³-hybridized carbons (Fsp3) is 0.190. The van der Waals surface area contributed by atoms with Crippen molar-refractivity contribution in [3.05, 3.63) is 83.6 Å². The number of carbonyl (C=O) groups is 1. The zero-order valence-corrected chi connectivity index (χ0v) is 15.5. The normalized spacial score (nSPS) is 10.4. The van der Waals surface area contributed by atoms with E-state index >= 15 is 0 Å². The number of hydrogen-bond acceptors (Lipinski definition) is 5. The lowest BCUT2D eigenvalue weighted by atomic mass is 10.1. The number of nitrogens with zero attached hydrogens (tertiary/aromatic N) is 2. The van der Waals surface area contributed by atoms with E-state index in [2.05, 4.69) is 20.6 Å². The van der Waals surface area contributed by atoms with Gasteiger partial charge in [-0.1, -0.05) is 30.3 Å². The first-order valence-corrected chi connectivity index (χ1v) is 8.86. The molecule has 28 heavy (non-hydrogen) atoms. The minimum absolute atomic E-state index is 0.0930. The first-order valence-electron chi connectivity index (χ1n) is 8.86. The Bertz CT molecular complexity index is 932. The van der Waals surface area contributed by atoms with Crippen LogP contribution in [0, 0.1) is 5.82 Å². The topological polar surface area (TPSA) is 76.1 Å². The summed E-state index contributed by atoms with van der Waals surface area (Å²) in [6, 6.07) is 15.7.